The number of nitrogens with zero attached hydrogens (tertiary/aromatic N) is 3. The average molecular weight is 426 g/mol. The average Bonchev–Trinajstić information content (AvgIpc) is 3.18. The summed E-state index contributed by atoms with van der Waals surface area (Å²) in [6, 6.07) is 3.79. The minimum absolute atomic E-state index is 0.00753. The maximum Gasteiger partial charge on any atom is 0.244 e. The molecule has 3 rings (SSSR count). The maximum atomic E-state index is 12.9. The lowest BCUT2D eigenvalue weighted by Crippen LogP contribution is -2.47. The van der Waals surface area contributed by atoms with Crippen molar-refractivity contribution in [3.05, 3.63) is 28.8 Å². The molecule has 2 aromatic rings. The van der Waals surface area contributed by atoms with E-state index >= 15 is 0 Å². The molecule has 0 aliphatic carbocycles. The molecule has 1 amide bonds. The van der Waals surface area contributed by atoms with Gasteiger partial charge in [0.15, 0.2) is 5.13 Å². The van der Waals surface area contributed by atoms with E-state index in [4.69, 9.17) is 0 Å². The van der Waals surface area contributed by atoms with E-state index in [-0.39, 0.29) is 10.8 Å². The SMILES string of the molecule is Cc1nc(NC(=O)[C@@H](NS(=O)(=O)c2cccc3c2N=S=N3)C(C)C)sc1C. The van der Waals surface area contributed by atoms with Crippen molar-refractivity contribution in [2.45, 2.75) is 38.6 Å². The summed E-state index contributed by atoms with van der Waals surface area (Å²) in [5, 5.41) is 3.16. The number of rotatable bonds is 6. The number of nitrogens with one attached hydrogen (secondary N) is 2. The molecule has 2 heterocycles. The molecule has 1 atom stereocenters. The molecule has 144 valence electrons. The Morgan fingerprint density at radius 1 is 1.19 bits per heavy atom. The van der Waals surface area contributed by atoms with E-state index < -0.39 is 22.0 Å². The molecule has 8 nitrogen and oxygen atoms in total. The highest BCUT2D eigenvalue weighted by Crippen LogP contribution is 2.37. The summed E-state index contributed by atoms with van der Waals surface area (Å²) in [6.07, 6.45) is 0. The van der Waals surface area contributed by atoms with Crippen LogP contribution in [0.25, 0.3) is 0 Å². The molecule has 1 aromatic carbocycles. The van der Waals surface area contributed by atoms with Gasteiger partial charge in [-0.1, -0.05) is 19.9 Å². The van der Waals surface area contributed by atoms with Gasteiger partial charge in [-0.3, -0.25) is 4.79 Å². The first-order valence-corrected chi connectivity index (χ1v) is 11.2. The minimum atomic E-state index is -3.96. The number of sulfonamides is 1. The Hall–Kier alpha value is -1.95. The van der Waals surface area contributed by atoms with Crippen LogP contribution in [-0.4, -0.2) is 25.4 Å². The number of anilines is 1. The third kappa shape index (κ3) is 4.15. The highest BCUT2D eigenvalue weighted by atomic mass is 32.2. The second-order valence-corrected chi connectivity index (χ2v) is 9.79. The van der Waals surface area contributed by atoms with Crippen LogP contribution >= 0.6 is 11.3 Å². The van der Waals surface area contributed by atoms with Crippen LogP contribution < -0.4 is 10.0 Å². The molecule has 1 aliphatic rings. The van der Waals surface area contributed by atoms with Crippen molar-refractivity contribution in [1.29, 1.82) is 0 Å². The monoisotopic (exact) mass is 425 g/mol. The van der Waals surface area contributed by atoms with Gasteiger partial charge in [0.2, 0.25) is 15.9 Å². The first-order chi connectivity index (χ1) is 12.7. The van der Waals surface area contributed by atoms with Crippen molar-refractivity contribution in [3.63, 3.8) is 0 Å². The summed E-state index contributed by atoms with van der Waals surface area (Å²) in [5.41, 5.74) is 1.63. The predicted molar refractivity (Wildman–Crippen MR) is 107 cm³/mol. The Morgan fingerprint density at radius 3 is 2.56 bits per heavy atom. The van der Waals surface area contributed by atoms with E-state index in [0.29, 0.717) is 16.5 Å². The molecule has 0 radical (unpaired) electrons. The maximum absolute atomic E-state index is 12.9. The van der Waals surface area contributed by atoms with Gasteiger partial charge in [-0.05, 0) is 31.9 Å². The molecule has 11 heteroatoms. The number of aromatic nitrogens is 1. The number of thiazole rings is 1. The number of amides is 1. The fourth-order valence-electron chi connectivity index (χ4n) is 2.43. The number of hydrogen-bond acceptors (Lipinski definition) is 7. The Bertz CT molecular complexity index is 1050. The second kappa shape index (κ2) is 7.58. The minimum Gasteiger partial charge on any atom is -0.301 e. The van der Waals surface area contributed by atoms with E-state index in [9.17, 15) is 13.2 Å². The molecule has 0 spiro atoms. The topological polar surface area (TPSA) is 113 Å². The quantitative estimate of drug-likeness (QED) is 0.630. The van der Waals surface area contributed by atoms with E-state index in [1.165, 1.54) is 17.4 Å². The molecule has 1 aliphatic heterocycles. The first-order valence-electron chi connectivity index (χ1n) is 8.17. The number of carbonyl (C=O) groups is 1. The lowest BCUT2D eigenvalue weighted by Gasteiger charge is -2.21. The summed E-state index contributed by atoms with van der Waals surface area (Å²) in [5.74, 6) is -0.722. The zero-order chi connectivity index (χ0) is 19.8. The molecule has 0 saturated heterocycles. The highest BCUT2D eigenvalue weighted by molar-refractivity contribution is 7.89. The fourth-order valence-corrected chi connectivity index (χ4v) is 5.36. The van der Waals surface area contributed by atoms with Gasteiger partial charge in [0.05, 0.1) is 17.0 Å². The molecule has 2 N–H and O–H groups in total. The van der Waals surface area contributed by atoms with E-state index in [1.54, 1.807) is 26.0 Å². The predicted octanol–water partition coefficient (Wildman–Crippen LogP) is 3.43. The highest BCUT2D eigenvalue weighted by Gasteiger charge is 2.31. The standard InChI is InChI=1S/C16H19N5O3S3/c1-8(2)13(15(22)18-16-17-9(3)10(4)25-16)21-27(23,24)12-7-5-6-11-14(12)20-26-19-11/h5-8,13,21H,1-4H3,(H,17,18,22)/t13-/m0/s1. The Labute approximate surface area is 165 Å². The van der Waals surface area contributed by atoms with Crippen molar-refractivity contribution < 1.29 is 13.2 Å². The number of benzene rings is 1. The molecule has 0 saturated carbocycles. The van der Waals surface area contributed by atoms with Crippen molar-refractivity contribution in [3.8, 4) is 0 Å². The Balaban J connectivity index is 1.85. The van der Waals surface area contributed by atoms with Gasteiger partial charge in [0.25, 0.3) is 0 Å². The van der Waals surface area contributed by atoms with Crippen molar-refractivity contribution in [2.75, 3.05) is 5.32 Å². The van der Waals surface area contributed by atoms with Crippen LogP contribution in [0.2, 0.25) is 0 Å². The normalized spacial score (nSPS) is 14.1. The summed E-state index contributed by atoms with van der Waals surface area (Å²) >= 11 is 2.29. The number of carbonyl (C=O) groups excluding carboxylic acids is 1. The molecule has 27 heavy (non-hydrogen) atoms. The largest absolute Gasteiger partial charge is 0.301 e. The third-order valence-electron chi connectivity index (χ3n) is 4.03. The Kier molecular flexibility index (Phi) is 5.56. The fraction of sp³-hybridized carbons (Fsp3) is 0.375. The van der Waals surface area contributed by atoms with Crippen molar-refractivity contribution in [2.24, 2.45) is 14.6 Å². The Morgan fingerprint density at radius 2 is 1.93 bits per heavy atom. The van der Waals surface area contributed by atoms with Crippen molar-refractivity contribution in [1.82, 2.24) is 9.71 Å². The van der Waals surface area contributed by atoms with Crippen LogP contribution in [0.4, 0.5) is 16.5 Å². The summed E-state index contributed by atoms with van der Waals surface area (Å²) < 4.78 is 36.4. The molecule has 0 unspecified atom stereocenters. The summed E-state index contributed by atoms with van der Waals surface area (Å²) in [6.45, 7) is 7.31. The van der Waals surface area contributed by atoms with E-state index in [2.05, 4.69) is 23.7 Å². The lowest BCUT2D eigenvalue weighted by atomic mass is 10.1. The van der Waals surface area contributed by atoms with Gasteiger partial charge in [0.1, 0.15) is 22.3 Å². The second-order valence-electron chi connectivity index (χ2n) is 6.38. The van der Waals surface area contributed by atoms with Crippen LogP contribution in [0.3, 0.4) is 0 Å². The van der Waals surface area contributed by atoms with E-state index in [1.807, 2.05) is 13.8 Å². The smallest absolute Gasteiger partial charge is 0.244 e. The summed E-state index contributed by atoms with van der Waals surface area (Å²) in [4.78, 5) is 18.0. The molecular formula is C16H19N5O3S3. The third-order valence-corrected chi connectivity index (χ3v) is 7.03. The van der Waals surface area contributed by atoms with Gasteiger partial charge < -0.3 is 5.32 Å². The van der Waals surface area contributed by atoms with Gasteiger partial charge >= 0.3 is 0 Å². The van der Waals surface area contributed by atoms with Crippen LogP contribution in [0.15, 0.2) is 31.8 Å². The van der Waals surface area contributed by atoms with Crippen LogP contribution in [-0.2, 0) is 26.2 Å². The zero-order valence-electron chi connectivity index (χ0n) is 15.2. The number of aryl methyl sites for hydroxylation is 2. The zero-order valence-corrected chi connectivity index (χ0v) is 17.6. The molecule has 1 aromatic heterocycles. The van der Waals surface area contributed by atoms with Crippen LogP contribution in [0.1, 0.15) is 24.4 Å². The van der Waals surface area contributed by atoms with Gasteiger partial charge in [-0.15, -0.1) is 11.3 Å². The van der Waals surface area contributed by atoms with Crippen LogP contribution in [0.5, 0.6) is 0 Å². The molecular weight excluding hydrogens is 406 g/mol. The van der Waals surface area contributed by atoms with Gasteiger partial charge in [-0.2, -0.15) is 13.4 Å². The van der Waals surface area contributed by atoms with Gasteiger partial charge in [0, 0.05) is 4.88 Å². The van der Waals surface area contributed by atoms with Crippen molar-refractivity contribution >= 4 is 55.1 Å². The van der Waals surface area contributed by atoms with E-state index in [0.717, 1.165) is 21.9 Å². The first kappa shape index (κ1) is 19.8. The van der Waals surface area contributed by atoms with Gasteiger partial charge in [-0.25, -0.2) is 13.4 Å². The molecule has 0 fully saturated rings. The summed E-state index contributed by atoms with van der Waals surface area (Å²) in [7, 11) is -3.96. The lowest BCUT2D eigenvalue weighted by molar-refractivity contribution is -0.118. The number of fused-ring (bicyclic) bond motifs is 1. The number of hydrogen-bond donors (Lipinski definition) is 2. The molecule has 0 bridgehead atoms. The van der Waals surface area contributed by atoms with Crippen LogP contribution in [0, 0.1) is 19.8 Å².